The van der Waals surface area contributed by atoms with Crippen molar-refractivity contribution < 1.29 is 19.2 Å². The molecular weight excluding hydrogens is 616 g/mol. The smallest absolute Gasteiger partial charge is 0.276 e. The van der Waals surface area contributed by atoms with Gasteiger partial charge < -0.3 is 10.6 Å². The number of aryl methyl sites for hydroxylation is 5. The number of ketones is 2. The number of carbonyl (C=O) groups excluding carboxylic acids is 4. The standard InChI is InChI=1S/C20H25N3O2.C19H23N3O2/c1-4-13-9-8-10-14(5-2)17(13)21-20(25)18-15-11-6-7-12-16(24)19(15)23(3)22-18;1-3-12-8-7-9-13(4-2)16(12)20-19(24)18-14-10-5-6-11-15(23)17(14)21-22-18/h8-10H,4-7,11-12H2,1-3H3,(H,21,25);7-9H,3-6,10-11H2,1-2H3,(H,20,24)(H,21,22). The van der Waals surface area contributed by atoms with Gasteiger partial charge in [-0.05, 0) is 86.5 Å². The molecule has 10 heteroatoms. The van der Waals surface area contributed by atoms with Gasteiger partial charge in [0.25, 0.3) is 11.8 Å². The van der Waals surface area contributed by atoms with Crippen molar-refractivity contribution in [2.24, 2.45) is 7.05 Å². The summed E-state index contributed by atoms with van der Waals surface area (Å²) in [6, 6.07) is 12.2. The number of hydrogen-bond donors (Lipinski definition) is 3. The van der Waals surface area contributed by atoms with Crippen LogP contribution in [0.5, 0.6) is 0 Å². The second-order valence-electron chi connectivity index (χ2n) is 12.7. The minimum absolute atomic E-state index is 0.0287. The minimum atomic E-state index is -0.220. The number of nitrogens with zero attached hydrogens (tertiary/aromatic N) is 3. The van der Waals surface area contributed by atoms with Gasteiger partial charge in [0, 0.05) is 42.4 Å². The molecule has 2 heterocycles. The molecule has 3 N–H and O–H groups in total. The zero-order valence-corrected chi connectivity index (χ0v) is 29.4. The number of hydrogen-bond acceptors (Lipinski definition) is 6. The van der Waals surface area contributed by atoms with E-state index in [-0.39, 0.29) is 23.4 Å². The summed E-state index contributed by atoms with van der Waals surface area (Å²) < 4.78 is 1.57. The monoisotopic (exact) mass is 664 g/mol. The van der Waals surface area contributed by atoms with E-state index in [1.54, 1.807) is 11.7 Å². The van der Waals surface area contributed by atoms with E-state index in [4.69, 9.17) is 0 Å². The van der Waals surface area contributed by atoms with Gasteiger partial charge in [-0.2, -0.15) is 10.2 Å². The summed E-state index contributed by atoms with van der Waals surface area (Å²) in [5.41, 5.74) is 9.66. The van der Waals surface area contributed by atoms with E-state index >= 15 is 0 Å². The molecule has 258 valence electrons. The lowest BCUT2D eigenvalue weighted by Gasteiger charge is -2.14. The first kappa shape index (κ1) is 35.4. The highest BCUT2D eigenvalue weighted by molar-refractivity contribution is 6.08. The number of amides is 2. The normalized spacial score (nSPS) is 14.1. The Labute approximate surface area is 288 Å². The maximum atomic E-state index is 13.0. The maximum absolute atomic E-state index is 13.0. The van der Waals surface area contributed by atoms with Crippen LogP contribution in [0.15, 0.2) is 36.4 Å². The average molecular weight is 665 g/mol. The Hall–Kier alpha value is -4.86. The number of rotatable bonds is 8. The zero-order valence-electron chi connectivity index (χ0n) is 29.4. The number of para-hydroxylation sites is 2. The second kappa shape index (κ2) is 16.0. The third kappa shape index (κ3) is 7.58. The molecule has 0 saturated heterocycles. The number of benzene rings is 2. The molecule has 4 aromatic rings. The van der Waals surface area contributed by atoms with E-state index in [2.05, 4.69) is 53.6 Å². The molecule has 10 nitrogen and oxygen atoms in total. The number of fused-ring (bicyclic) bond motifs is 2. The molecule has 0 fully saturated rings. The lowest BCUT2D eigenvalue weighted by atomic mass is 10.0. The van der Waals surface area contributed by atoms with Gasteiger partial charge >= 0.3 is 0 Å². The molecule has 0 bridgehead atoms. The van der Waals surface area contributed by atoms with Crippen molar-refractivity contribution in [1.82, 2.24) is 20.0 Å². The molecule has 2 aromatic heterocycles. The summed E-state index contributed by atoms with van der Waals surface area (Å²) in [5, 5.41) is 17.4. The van der Waals surface area contributed by atoms with E-state index in [1.807, 2.05) is 36.4 Å². The van der Waals surface area contributed by atoms with E-state index in [1.165, 1.54) is 0 Å². The van der Waals surface area contributed by atoms with E-state index < -0.39 is 0 Å². The molecule has 2 aromatic carbocycles. The van der Waals surface area contributed by atoms with Crippen LogP contribution in [0.4, 0.5) is 11.4 Å². The molecule has 2 aliphatic carbocycles. The van der Waals surface area contributed by atoms with Crippen LogP contribution >= 0.6 is 0 Å². The van der Waals surface area contributed by atoms with Crippen LogP contribution in [0.2, 0.25) is 0 Å². The molecule has 0 radical (unpaired) electrons. The van der Waals surface area contributed by atoms with Crippen molar-refractivity contribution >= 4 is 34.8 Å². The molecule has 6 rings (SSSR count). The van der Waals surface area contributed by atoms with Crippen molar-refractivity contribution in [3.63, 3.8) is 0 Å². The van der Waals surface area contributed by atoms with Crippen molar-refractivity contribution in [2.45, 2.75) is 105 Å². The predicted molar refractivity (Wildman–Crippen MR) is 192 cm³/mol. The van der Waals surface area contributed by atoms with E-state index in [9.17, 15) is 19.2 Å². The largest absolute Gasteiger partial charge is 0.320 e. The fraction of sp³-hybridized carbons (Fsp3) is 0.436. The van der Waals surface area contributed by atoms with Crippen LogP contribution in [-0.2, 0) is 45.6 Å². The Morgan fingerprint density at radius 3 is 1.69 bits per heavy atom. The Morgan fingerprint density at radius 1 is 0.694 bits per heavy atom. The molecule has 2 amide bonds. The molecule has 0 atom stereocenters. The Morgan fingerprint density at radius 2 is 1.16 bits per heavy atom. The topological polar surface area (TPSA) is 139 Å². The number of anilines is 2. The Bertz CT molecular complexity index is 1820. The highest BCUT2D eigenvalue weighted by atomic mass is 16.2. The molecule has 0 unspecified atom stereocenters. The van der Waals surface area contributed by atoms with Gasteiger partial charge in [-0.25, -0.2) is 0 Å². The van der Waals surface area contributed by atoms with Gasteiger partial charge in [-0.15, -0.1) is 0 Å². The Kier molecular flexibility index (Phi) is 11.6. The predicted octanol–water partition coefficient (Wildman–Crippen LogP) is 7.40. The Balaban J connectivity index is 0.000000191. The van der Waals surface area contributed by atoms with Gasteiger partial charge in [0.1, 0.15) is 17.1 Å². The van der Waals surface area contributed by atoms with Crippen molar-refractivity contribution in [1.29, 1.82) is 0 Å². The number of H-pyrrole nitrogens is 1. The van der Waals surface area contributed by atoms with Crippen molar-refractivity contribution in [2.75, 3.05) is 10.6 Å². The number of carbonyl (C=O) groups is 4. The van der Waals surface area contributed by atoms with Gasteiger partial charge in [0.05, 0.1) is 0 Å². The molecule has 2 aliphatic rings. The highest BCUT2D eigenvalue weighted by Crippen LogP contribution is 2.28. The summed E-state index contributed by atoms with van der Waals surface area (Å²) >= 11 is 0. The second-order valence-corrected chi connectivity index (χ2v) is 12.7. The molecular formula is C39H48N6O4. The molecule has 0 spiro atoms. The zero-order chi connectivity index (χ0) is 35.1. The van der Waals surface area contributed by atoms with Gasteiger partial charge in [-0.1, -0.05) is 64.1 Å². The van der Waals surface area contributed by atoms with Crippen LogP contribution in [-0.4, -0.2) is 43.4 Å². The minimum Gasteiger partial charge on any atom is -0.320 e. The summed E-state index contributed by atoms with van der Waals surface area (Å²) in [6.45, 7) is 8.31. The SMILES string of the molecule is CCc1cccc(CC)c1NC(=O)c1[nH]nc2c1CCCCC2=O.CCc1cccc(CC)c1NC(=O)c1nn(C)c2c1CCCCC2=O. The summed E-state index contributed by atoms with van der Waals surface area (Å²) in [7, 11) is 1.75. The van der Waals surface area contributed by atoms with Crippen LogP contribution < -0.4 is 10.6 Å². The lowest BCUT2D eigenvalue weighted by molar-refractivity contribution is 0.0966. The van der Waals surface area contributed by atoms with Gasteiger partial charge in [0.15, 0.2) is 17.3 Å². The summed E-state index contributed by atoms with van der Waals surface area (Å²) in [4.78, 5) is 50.2. The molecule has 0 aliphatic heterocycles. The molecule has 49 heavy (non-hydrogen) atoms. The highest BCUT2D eigenvalue weighted by Gasteiger charge is 2.28. The lowest BCUT2D eigenvalue weighted by Crippen LogP contribution is -2.17. The maximum Gasteiger partial charge on any atom is 0.276 e. The fourth-order valence-corrected chi connectivity index (χ4v) is 6.93. The number of nitrogens with one attached hydrogen (secondary N) is 3. The quantitative estimate of drug-likeness (QED) is 0.168. The van der Waals surface area contributed by atoms with E-state index in [0.29, 0.717) is 35.6 Å². The number of aromatic nitrogens is 4. The van der Waals surface area contributed by atoms with Gasteiger partial charge in [0.2, 0.25) is 0 Å². The first-order valence-electron chi connectivity index (χ1n) is 17.8. The van der Waals surface area contributed by atoms with Crippen LogP contribution in [0, 0.1) is 0 Å². The number of Topliss-reactive ketones (excluding diaryl/α,β-unsaturated/α-hetero) is 2. The van der Waals surface area contributed by atoms with Crippen molar-refractivity contribution in [3.8, 4) is 0 Å². The number of aromatic amines is 1. The third-order valence-corrected chi connectivity index (χ3v) is 9.62. The van der Waals surface area contributed by atoms with Crippen molar-refractivity contribution in [3.05, 3.63) is 92.6 Å². The van der Waals surface area contributed by atoms with Crippen LogP contribution in [0.25, 0.3) is 0 Å². The van der Waals surface area contributed by atoms with Crippen LogP contribution in [0.1, 0.15) is 142 Å². The fourth-order valence-electron chi connectivity index (χ4n) is 6.93. The molecule has 0 saturated carbocycles. The average Bonchev–Trinajstić information content (AvgIpc) is 3.56. The van der Waals surface area contributed by atoms with E-state index in [0.717, 1.165) is 109 Å². The third-order valence-electron chi connectivity index (χ3n) is 9.62. The van der Waals surface area contributed by atoms with Gasteiger partial charge in [-0.3, -0.25) is 29.0 Å². The van der Waals surface area contributed by atoms with Crippen LogP contribution in [0.3, 0.4) is 0 Å². The summed E-state index contributed by atoms with van der Waals surface area (Å²) in [5.74, 6) is -0.318. The first-order chi connectivity index (χ1) is 23.7. The summed E-state index contributed by atoms with van der Waals surface area (Å²) in [6.07, 6.45) is 9.44. The first-order valence-corrected chi connectivity index (χ1v) is 17.8.